The van der Waals surface area contributed by atoms with E-state index in [4.69, 9.17) is 24.7 Å². The zero-order valence-electron chi connectivity index (χ0n) is 18.4. The van der Waals surface area contributed by atoms with E-state index in [1.54, 1.807) is 6.07 Å². The van der Waals surface area contributed by atoms with E-state index in [2.05, 4.69) is 9.98 Å². The Morgan fingerprint density at radius 2 is 2.06 bits per heavy atom. The molecule has 2 aromatic rings. The van der Waals surface area contributed by atoms with Gasteiger partial charge in [-0.05, 0) is 18.6 Å². The van der Waals surface area contributed by atoms with Crippen molar-refractivity contribution in [3.8, 4) is 17.4 Å². The fraction of sp³-hybridized carbons (Fsp3) is 0.409. The lowest BCUT2D eigenvalue weighted by atomic mass is 9.72. The van der Waals surface area contributed by atoms with Gasteiger partial charge in [0.2, 0.25) is 11.8 Å². The van der Waals surface area contributed by atoms with Crippen LogP contribution in [0.25, 0.3) is 0 Å². The molecular formula is C22H24F2N4O5. The monoisotopic (exact) mass is 462 g/mol. The number of halogens is 2. The van der Waals surface area contributed by atoms with Gasteiger partial charge in [-0.2, -0.15) is 0 Å². The highest BCUT2D eigenvalue weighted by atomic mass is 19.1. The third kappa shape index (κ3) is 4.09. The van der Waals surface area contributed by atoms with Crippen LogP contribution in [0.15, 0.2) is 35.5 Å². The van der Waals surface area contributed by atoms with Crippen molar-refractivity contribution in [2.45, 2.75) is 18.1 Å². The number of ether oxygens (including phenoxy) is 4. The summed E-state index contributed by atoms with van der Waals surface area (Å²) in [5.41, 5.74) is 4.43. The van der Waals surface area contributed by atoms with Gasteiger partial charge in [0.15, 0.2) is 17.5 Å². The maximum absolute atomic E-state index is 15.2. The van der Waals surface area contributed by atoms with Crippen molar-refractivity contribution in [1.82, 2.24) is 9.88 Å². The van der Waals surface area contributed by atoms with Crippen molar-refractivity contribution in [2.75, 3.05) is 34.5 Å². The van der Waals surface area contributed by atoms with Gasteiger partial charge in [0.25, 0.3) is 0 Å². The summed E-state index contributed by atoms with van der Waals surface area (Å²) in [6.45, 7) is 0.107. The normalized spacial score (nSPS) is 24.8. The molecule has 9 nitrogen and oxygen atoms in total. The number of carbonyl (C=O) groups excluding carboxylic acids is 1. The number of hydrogen-bond donors (Lipinski definition) is 1. The first-order chi connectivity index (χ1) is 15.8. The molecule has 1 aromatic carbocycles. The topological polar surface area (TPSA) is 109 Å². The molecule has 2 aliphatic heterocycles. The molecule has 3 atom stereocenters. The number of aromatic nitrogens is 1. The van der Waals surface area contributed by atoms with Crippen molar-refractivity contribution in [2.24, 2.45) is 16.6 Å². The summed E-state index contributed by atoms with van der Waals surface area (Å²) in [6, 6.07) is 4.92. The summed E-state index contributed by atoms with van der Waals surface area (Å²) >= 11 is 0. The molecule has 2 aliphatic rings. The Balaban J connectivity index is 1.80. The summed E-state index contributed by atoms with van der Waals surface area (Å²) < 4.78 is 51.6. The number of guanidine groups is 1. The van der Waals surface area contributed by atoms with Crippen LogP contribution in [0.4, 0.5) is 8.78 Å². The molecule has 0 saturated carbocycles. The molecule has 1 aromatic heterocycles. The molecule has 33 heavy (non-hydrogen) atoms. The maximum atomic E-state index is 15.2. The van der Waals surface area contributed by atoms with Crippen molar-refractivity contribution in [3.05, 3.63) is 47.7 Å². The molecular weight excluding hydrogens is 438 g/mol. The zero-order valence-corrected chi connectivity index (χ0v) is 18.4. The number of aliphatic imine (C=N–C) groups is 1. The molecule has 0 spiro atoms. The van der Waals surface area contributed by atoms with Crippen molar-refractivity contribution < 1.29 is 32.5 Å². The standard InChI is InChI=1S/C22H24F2N4O5/c1-28-20(29)15-6-13(10-30-2)32-11-22(15,27-21(28)25)14-8-18(17(24)9-16(14)23)33-19-7-12(31-3)4-5-26-19/h4-5,7-9,13,15H,6,10-11H2,1-3H3,(H2,25,27)/t13-,15+,22?/m1/s1. The van der Waals surface area contributed by atoms with Crippen LogP contribution in [-0.4, -0.2) is 62.3 Å². The third-order valence-electron chi connectivity index (χ3n) is 5.90. The van der Waals surface area contributed by atoms with Gasteiger partial charge >= 0.3 is 0 Å². The minimum Gasteiger partial charge on any atom is -0.497 e. The molecule has 2 N–H and O–H groups in total. The van der Waals surface area contributed by atoms with Gasteiger partial charge < -0.3 is 24.7 Å². The highest BCUT2D eigenvalue weighted by Gasteiger charge is 2.54. The van der Waals surface area contributed by atoms with E-state index in [0.29, 0.717) is 11.8 Å². The lowest BCUT2D eigenvalue weighted by molar-refractivity contribution is -0.148. The summed E-state index contributed by atoms with van der Waals surface area (Å²) in [6.07, 6.45) is 1.26. The Hall–Kier alpha value is -3.31. The molecule has 11 heteroatoms. The number of benzene rings is 1. The van der Waals surface area contributed by atoms with Gasteiger partial charge in [-0.15, -0.1) is 0 Å². The molecule has 3 heterocycles. The van der Waals surface area contributed by atoms with Crippen molar-refractivity contribution in [1.29, 1.82) is 0 Å². The average Bonchev–Trinajstić information content (AvgIpc) is 2.80. The molecule has 1 amide bonds. The molecule has 0 radical (unpaired) electrons. The zero-order chi connectivity index (χ0) is 23.8. The van der Waals surface area contributed by atoms with Crippen LogP contribution in [0.1, 0.15) is 12.0 Å². The maximum Gasteiger partial charge on any atom is 0.235 e. The molecule has 1 unspecified atom stereocenters. The summed E-state index contributed by atoms with van der Waals surface area (Å²) in [5.74, 6) is -2.87. The van der Waals surface area contributed by atoms with Gasteiger partial charge in [-0.3, -0.25) is 9.69 Å². The first-order valence-electron chi connectivity index (χ1n) is 10.2. The van der Waals surface area contributed by atoms with Crippen LogP contribution in [-0.2, 0) is 19.8 Å². The quantitative estimate of drug-likeness (QED) is 0.701. The summed E-state index contributed by atoms with van der Waals surface area (Å²) in [7, 11) is 4.48. The van der Waals surface area contributed by atoms with Crippen LogP contribution in [0.5, 0.6) is 17.4 Å². The highest BCUT2D eigenvalue weighted by molar-refractivity contribution is 6.00. The lowest BCUT2D eigenvalue weighted by Crippen LogP contribution is -2.60. The smallest absolute Gasteiger partial charge is 0.235 e. The van der Waals surface area contributed by atoms with Gasteiger partial charge in [0.1, 0.15) is 17.1 Å². The number of hydrogen-bond acceptors (Lipinski definition) is 8. The second-order valence-electron chi connectivity index (χ2n) is 7.87. The van der Waals surface area contributed by atoms with Crippen LogP contribution < -0.4 is 15.2 Å². The number of pyridine rings is 1. The largest absolute Gasteiger partial charge is 0.497 e. The second-order valence-corrected chi connectivity index (χ2v) is 7.87. The number of amides is 1. The lowest BCUT2D eigenvalue weighted by Gasteiger charge is -2.47. The van der Waals surface area contributed by atoms with Gasteiger partial charge in [0.05, 0.1) is 32.3 Å². The first kappa shape index (κ1) is 22.9. The van der Waals surface area contributed by atoms with E-state index in [9.17, 15) is 9.18 Å². The number of nitrogens with two attached hydrogens (primary N) is 1. The molecule has 176 valence electrons. The van der Waals surface area contributed by atoms with E-state index in [0.717, 1.165) is 0 Å². The van der Waals surface area contributed by atoms with Crippen molar-refractivity contribution in [3.63, 3.8) is 0 Å². The van der Waals surface area contributed by atoms with Crippen LogP contribution in [0.2, 0.25) is 0 Å². The average molecular weight is 462 g/mol. The molecule has 4 rings (SSSR count). The molecule has 0 aliphatic carbocycles. The Morgan fingerprint density at radius 3 is 2.79 bits per heavy atom. The SMILES string of the molecule is COC[C@H]1C[C@H]2C(=O)N(C)C(N)=NC2(c2cc(Oc3cc(OC)ccn3)c(F)cc2F)CO1. The number of carbonyl (C=O) groups is 1. The van der Waals surface area contributed by atoms with E-state index in [-0.39, 0.29) is 54.8 Å². The third-order valence-corrected chi connectivity index (χ3v) is 5.90. The Bertz CT molecular complexity index is 1100. The van der Waals surface area contributed by atoms with Crippen LogP contribution in [0, 0.1) is 17.6 Å². The number of rotatable bonds is 6. The molecule has 0 bridgehead atoms. The van der Waals surface area contributed by atoms with Gasteiger partial charge in [-0.1, -0.05) is 0 Å². The van der Waals surface area contributed by atoms with E-state index in [1.165, 1.54) is 44.5 Å². The van der Waals surface area contributed by atoms with Crippen LogP contribution in [0.3, 0.4) is 0 Å². The van der Waals surface area contributed by atoms with E-state index in [1.807, 2.05) is 0 Å². The first-order valence-corrected chi connectivity index (χ1v) is 10.2. The minimum atomic E-state index is -1.49. The summed E-state index contributed by atoms with van der Waals surface area (Å²) in [4.78, 5) is 22.9. The van der Waals surface area contributed by atoms with Gasteiger partial charge in [-0.25, -0.2) is 18.8 Å². The predicted molar refractivity (Wildman–Crippen MR) is 113 cm³/mol. The highest BCUT2D eigenvalue weighted by Crippen LogP contribution is 2.46. The fourth-order valence-corrected chi connectivity index (χ4v) is 4.17. The number of methoxy groups -OCH3 is 2. The van der Waals surface area contributed by atoms with E-state index < -0.39 is 23.1 Å². The predicted octanol–water partition coefficient (Wildman–Crippen LogP) is 2.19. The minimum absolute atomic E-state index is 0.0439. The number of fused-ring (bicyclic) bond motifs is 1. The van der Waals surface area contributed by atoms with E-state index >= 15 is 4.39 Å². The molecule has 1 fully saturated rings. The number of nitrogens with zero attached hydrogens (tertiary/aromatic N) is 3. The molecule has 1 saturated heterocycles. The van der Waals surface area contributed by atoms with Crippen LogP contribution >= 0.6 is 0 Å². The second kappa shape index (κ2) is 8.91. The summed E-state index contributed by atoms with van der Waals surface area (Å²) in [5, 5.41) is 0. The Kier molecular flexibility index (Phi) is 6.17. The Morgan fingerprint density at radius 1 is 1.27 bits per heavy atom. The van der Waals surface area contributed by atoms with Gasteiger partial charge in [0, 0.05) is 38.1 Å². The fourth-order valence-electron chi connectivity index (χ4n) is 4.17. The van der Waals surface area contributed by atoms with Crippen molar-refractivity contribution >= 4 is 11.9 Å². The Labute approximate surface area is 189 Å².